The maximum absolute atomic E-state index is 11.1. The van der Waals surface area contributed by atoms with Crippen LogP contribution in [0.5, 0.6) is 0 Å². The molecule has 66 valence electrons. The second-order valence-corrected chi connectivity index (χ2v) is 2.97. The Balaban J connectivity index is 0.000001000. The molecule has 0 radical (unpaired) electrons. The SMILES string of the molecule is CC(C)C1NCCNC1=O.Cl. The summed E-state index contributed by atoms with van der Waals surface area (Å²) >= 11 is 0. The van der Waals surface area contributed by atoms with Gasteiger partial charge in [-0.1, -0.05) is 13.8 Å². The maximum Gasteiger partial charge on any atom is 0.237 e. The number of piperazine rings is 1. The monoisotopic (exact) mass is 178 g/mol. The summed E-state index contributed by atoms with van der Waals surface area (Å²) in [5.41, 5.74) is 0. The van der Waals surface area contributed by atoms with Gasteiger partial charge in [0, 0.05) is 13.1 Å². The summed E-state index contributed by atoms with van der Waals surface area (Å²) in [7, 11) is 0. The number of hydrogen-bond acceptors (Lipinski definition) is 2. The summed E-state index contributed by atoms with van der Waals surface area (Å²) < 4.78 is 0. The van der Waals surface area contributed by atoms with Crippen LogP contribution in [0.4, 0.5) is 0 Å². The molecule has 1 aliphatic heterocycles. The van der Waals surface area contributed by atoms with E-state index in [9.17, 15) is 4.79 Å². The second-order valence-electron chi connectivity index (χ2n) is 2.97. The molecular weight excluding hydrogens is 164 g/mol. The van der Waals surface area contributed by atoms with E-state index in [1.807, 2.05) is 13.8 Å². The van der Waals surface area contributed by atoms with Gasteiger partial charge in [0.05, 0.1) is 6.04 Å². The number of carbonyl (C=O) groups is 1. The molecule has 4 heteroatoms. The van der Waals surface area contributed by atoms with Crippen molar-refractivity contribution in [2.45, 2.75) is 19.9 Å². The van der Waals surface area contributed by atoms with Gasteiger partial charge in [0.25, 0.3) is 0 Å². The van der Waals surface area contributed by atoms with Gasteiger partial charge in [0.2, 0.25) is 5.91 Å². The van der Waals surface area contributed by atoms with Gasteiger partial charge in [0.15, 0.2) is 0 Å². The quantitative estimate of drug-likeness (QED) is 0.601. The first-order chi connectivity index (χ1) is 4.72. The van der Waals surface area contributed by atoms with Crippen molar-refractivity contribution >= 4 is 18.3 Å². The van der Waals surface area contributed by atoms with E-state index < -0.39 is 0 Å². The van der Waals surface area contributed by atoms with Crippen LogP contribution in [0.3, 0.4) is 0 Å². The lowest BCUT2D eigenvalue weighted by Crippen LogP contribution is -2.55. The number of hydrogen-bond donors (Lipinski definition) is 2. The average molecular weight is 179 g/mol. The van der Waals surface area contributed by atoms with Crippen molar-refractivity contribution in [2.75, 3.05) is 13.1 Å². The molecule has 1 amide bonds. The third-order valence-electron chi connectivity index (χ3n) is 1.74. The first-order valence-electron chi connectivity index (χ1n) is 3.73. The van der Waals surface area contributed by atoms with Crippen LogP contribution in [0.25, 0.3) is 0 Å². The first kappa shape index (κ1) is 10.7. The van der Waals surface area contributed by atoms with E-state index in [1.54, 1.807) is 0 Å². The molecule has 1 rings (SSSR count). The second kappa shape index (κ2) is 4.57. The highest BCUT2D eigenvalue weighted by Gasteiger charge is 2.23. The number of rotatable bonds is 1. The normalized spacial score (nSPS) is 24.3. The average Bonchev–Trinajstić information content (AvgIpc) is 1.88. The van der Waals surface area contributed by atoms with Crippen LogP contribution in [0, 0.1) is 5.92 Å². The van der Waals surface area contributed by atoms with Crippen molar-refractivity contribution in [2.24, 2.45) is 5.92 Å². The molecule has 1 heterocycles. The Kier molecular flexibility index (Phi) is 4.45. The van der Waals surface area contributed by atoms with E-state index in [1.165, 1.54) is 0 Å². The van der Waals surface area contributed by atoms with Crippen molar-refractivity contribution in [3.63, 3.8) is 0 Å². The summed E-state index contributed by atoms with van der Waals surface area (Å²) in [6, 6.07) is 0.0220. The molecule has 0 bridgehead atoms. The van der Waals surface area contributed by atoms with Crippen molar-refractivity contribution in [3.05, 3.63) is 0 Å². The van der Waals surface area contributed by atoms with Gasteiger partial charge >= 0.3 is 0 Å². The van der Waals surface area contributed by atoms with E-state index >= 15 is 0 Å². The van der Waals surface area contributed by atoms with Crippen LogP contribution in [0.2, 0.25) is 0 Å². The standard InChI is InChI=1S/C7H14N2O.ClH/c1-5(2)6-7(10)9-4-3-8-6;/h5-6,8H,3-4H2,1-2H3,(H,9,10);1H. The molecule has 11 heavy (non-hydrogen) atoms. The van der Waals surface area contributed by atoms with Gasteiger partial charge in [0.1, 0.15) is 0 Å². The van der Waals surface area contributed by atoms with Crippen LogP contribution in [0.1, 0.15) is 13.8 Å². The van der Waals surface area contributed by atoms with E-state index in [-0.39, 0.29) is 24.4 Å². The topological polar surface area (TPSA) is 41.1 Å². The minimum atomic E-state index is 0. The fourth-order valence-corrected chi connectivity index (χ4v) is 1.15. The van der Waals surface area contributed by atoms with Crippen LogP contribution < -0.4 is 10.6 Å². The van der Waals surface area contributed by atoms with Crippen LogP contribution >= 0.6 is 12.4 Å². The fourth-order valence-electron chi connectivity index (χ4n) is 1.15. The molecule has 0 aromatic rings. The van der Waals surface area contributed by atoms with Crippen LogP contribution in [-0.4, -0.2) is 25.0 Å². The molecule has 3 nitrogen and oxygen atoms in total. The number of nitrogens with one attached hydrogen (secondary N) is 2. The van der Waals surface area contributed by atoms with Gasteiger partial charge in [-0.15, -0.1) is 12.4 Å². The van der Waals surface area contributed by atoms with Gasteiger partial charge in [-0.05, 0) is 5.92 Å². The van der Waals surface area contributed by atoms with Crippen molar-refractivity contribution < 1.29 is 4.79 Å². The predicted molar refractivity (Wildman–Crippen MR) is 46.9 cm³/mol. The molecule has 2 N–H and O–H groups in total. The van der Waals surface area contributed by atoms with Gasteiger partial charge in [-0.25, -0.2) is 0 Å². The molecular formula is C7H15ClN2O. The smallest absolute Gasteiger partial charge is 0.237 e. The van der Waals surface area contributed by atoms with Crippen molar-refractivity contribution in [3.8, 4) is 0 Å². The molecule has 1 fully saturated rings. The lowest BCUT2D eigenvalue weighted by Gasteiger charge is -2.26. The largest absolute Gasteiger partial charge is 0.353 e. The van der Waals surface area contributed by atoms with Crippen molar-refractivity contribution in [1.29, 1.82) is 0 Å². The minimum absolute atomic E-state index is 0. The molecule has 1 saturated heterocycles. The lowest BCUT2D eigenvalue weighted by molar-refractivity contribution is -0.125. The number of carbonyl (C=O) groups excluding carboxylic acids is 1. The Morgan fingerprint density at radius 2 is 2.09 bits per heavy atom. The molecule has 0 spiro atoms. The highest BCUT2D eigenvalue weighted by molar-refractivity contribution is 5.85. The molecule has 1 aliphatic rings. The Bertz CT molecular complexity index is 138. The number of amides is 1. The molecule has 0 aromatic heterocycles. The summed E-state index contributed by atoms with van der Waals surface area (Å²) in [5.74, 6) is 0.529. The Labute approximate surface area is 73.3 Å². The molecule has 0 aromatic carbocycles. The highest BCUT2D eigenvalue weighted by atomic mass is 35.5. The highest BCUT2D eigenvalue weighted by Crippen LogP contribution is 2.02. The maximum atomic E-state index is 11.1. The third-order valence-corrected chi connectivity index (χ3v) is 1.74. The van der Waals surface area contributed by atoms with Crippen LogP contribution in [0.15, 0.2) is 0 Å². The van der Waals surface area contributed by atoms with E-state index in [2.05, 4.69) is 10.6 Å². The Morgan fingerprint density at radius 1 is 1.45 bits per heavy atom. The zero-order valence-corrected chi connectivity index (χ0v) is 7.70. The summed E-state index contributed by atoms with van der Waals surface area (Å²) in [5, 5.41) is 5.97. The first-order valence-corrected chi connectivity index (χ1v) is 3.73. The van der Waals surface area contributed by atoms with E-state index in [0.29, 0.717) is 5.92 Å². The zero-order valence-electron chi connectivity index (χ0n) is 6.89. The molecule has 0 aliphatic carbocycles. The minimum Gasteiger partial charge on any atom is -0.353 e. The summed E-state index contributed by atoms with van der Waals surface area (Å²) in [6.45, 7) is 5.75. The summed E-state index contributed by atoms with van der Waals surface area (Å²) in [4.78, 5) is 11.1. The van der Waals surface area contributed by atoms with Gasteiger partial charge in [-0.2, -0.15) is 0 Å². The van der Waals surface area contributed by atoms with Gasteiger partial charge in [-0.3, -0.25) is 4.79 Å². The summed E-state index contributed by atoms with van der Waals surface area (Å²) in [6.07, 6.45) is 0. The van der Waals surface area contributed by atoms with E-state index in [0.717, 1.165) is 13.1 Å². The number of halogens is 1. The third kappa shape index (κ3) is 2.67. The van der Waals surface area contributed by atoms with Gasteiger partial charge < -0.3 is 10.6 Å². The lowest BCUT2D eigenvalue weighted by atomic mass is 10.0. The molecule has 0 saturated carbocycles. The zero-order chi connectivity index (χ0) is 7.56. The molecule has 1 unspecified atom stereocenters. The fraction of sp³-hybridized carbons (Fsp3) is 0.857. The van der Waals surface area contributed by atoms with E-state index in [4.69, 9.17) is 0 Å². The molecule has 1 atom stereocenters. The van der Waals surface area contributed by atoms with Crippen molar-refractivity contribution in [1.82, 2.24) is 10.6 Å². The predicted octanol–water partition coefficient (Wildman–Crippen LogP) is 0.152. The Morgan fingerprint density at radius 3 is 2.45 bits per heavy atom. The Hall–Kier alpha value is -0.280. The van der Waals surface area contributed by atoms with Crippen LogP contribution in [-0.2, 0) is 4.79 Å².